The molecule has 0 saturated carbocycles. The number of carbonyl (C=O) groups is 2. The molecule has 0 unspecified atom stereocenters. The first-order valence-electron chi connectivity index (χ1n) is 6.81. The predicted molar refractivity (Wildman–Crippen MR) is 87.5 cm³/mol. The van der Waals surface area contributed by atoms with Gasteiger partial charge in [-0.15, -0.1) is 0 Å². The van der Waals surface area contributed by atoms with Gasteiger partial charge in [0, 0.05) is 16.9 Å². The van der Waals surface area contributed by atoms with E-state index in [1.54, 1.807) is 25.1 Å². The molecule has 0 fully saturated rings. The normalized spacial score (nSPS) is 10.6. The number of aryl methyl sites for hydroxylation is 1. The molecule has 2 aromatic rings. The van der Waals surface area contributed by atoms with Gasteiger partial charge in [0.15, 0.2) is 0 Å². The van der Waals surface area contributed by atoms with Crippen molar-refractivity contribution >= 4 is 38.7 Å². The maximum absolute atomic E-state index is 12.3. The van der Waals surface area contributed by atoms with E-state index in [-0.39, 0.29) is 13.2 Å². The fraction of sp³-hybridized carbons (Fsp3) is 0.267. The SMILES string of the molecule is CCOC(=O)CNC(=O)c1c(O)c2cc(Br)ccc2n(C)c1=O. The molecule has 0 atom stereocenters. The standard InChI is InChI=1S/C15H15BrN2O5/c1-3-23-11(19)7-17-14(21)12-13(20)9-6-8(16)4-5-10(9)18(2)15(12)22/h4-6,20H,3,7H2,1-2H3,(H,17,21). The molecule has 2 rings (SSSR count). The first-order chi connectivity index (χ1) is 10.9. The van der Waals surface area contributed by atoms with Crippen molar-refractivity contribution in [3.05, 3.63) is 38.6 Å². The largest absolute Gasteiger partial charge is 0.506 e. The van der Waals surface area contributed by atoms with Crippen molar-refractivity contribution in [3.63, 3.8) is 0 Å². The van der Waals surface area contributed by atoms with E-state index in [1.165, 1.54) is 11.6 Å². The van der Waals surface area contributed by atoms with Crippen LogP contribution in [0.25, 0.3) is 10.9 Å². The van der Waals surface area contributed by atoms with Gasteiger partial charge in [-0.25, -0.2) is 0 Å². The number of hydrogen-bond acceptors (Lipinski definition) is 5. The second kappa shape index (κ2) is 6.82. The molecular formula is C15H15BrN2O5. The van der Waals surface area contributed by atoms with Crippen LogP contribution >= 0.6 is 15.9 Å². The third-order valence-electron chi connectivity index (χ3n) is 3.26. The maximum atomic E-state index is 12.3. The van der Waals surface area contributed by atoms with Crippen molar-refractivity contribution < 1.29 is 19.4 Å². The van der Waals surface area contributed by atoms with Gasteiger partial charge >= 0.3 is 5.97 Å². The van der Waals surface area contributed by atoms with Crippen molar-refractivity contribution in [1.29, 1.82) is 0 Å². The van der Waals surface area contributed by atoms with Crippen LogP contribution in [0, 0.1) is 0 Å². The highest BCUT2D eigenvalue weighted by atomic mass is 79.9. The van der Waals surface area contributed by atoms with Crippen molar-refractivity contribution in [3.8, 4) is 5.75 Å². The zero-order chi connectivity index (χ0) is 17.1. The molecule has 1 aromatic heterocycles. The van der Waals surface area contributed by atoms with Crippen LogP contribution in [0.1, 0.15) is 17.3 Å². The number of rotatable bonds is 4. The molecule has 23 heavy (non-hydrogen) atoms. The molecule has 0 aliphatic heterocycles. The molecule has 0 bridgehead atoms. The number of halogens is 1. The van der Waals surface area contributed by atoms with Crippen LogP contribution in [0.2, 0.25) is 0 Å². The average Bonchev–Trinajstić information content (AvgIpc) is 2.51. The Labute approximate surface area is 140 Å². The minimum Gasteiger partial charge on any atom is -0.506 e. The third-order valence-corrected chi connectivity index (χ3v) is 3.75. The van der Waals surface area contributed by atoms with Crippen molar-refractivity contribution in [2.75, 3.05) is 13.2 Å². The van der Waals surface area contributed by atoms with Crippen LogP contribution in [0.3, 0.4) is 0 Å². The molecule has 1 heterocycles. The highest BCUT2D eigenvalue weighted by Gasteiger charge is 2.21. The summed E-state index contributed by atoms with van der Waals surface area (Å²) in [6.45, 7) is 1.44. The van der Waals surface area contributed by atoms with Gasteiger partial charge < -0.3 is 19.7 Å². The third kappa shape index (κ3) is 3.37. The lowest BCUT2D eigenvalue weighted by Crippen LogP contribution is -2.35. The minimum atomic E-state index is -0.835. The number of aromatic nitrogens is 1. The Hall–Kier alpha value is -2.35. The van der Waals surface area contributed by atoms with E-state index in [9.17, 15) is 19.5 Å². The zero-order valence-electron chi connectivity index (χ0n) is 12.6. The van der Waals surface area contributed by atoms with Crippen molar-refractivity contribution in [1.82, 2.24) is 9.88 Å². The molecular weight excluding hydrogens is 368 g/mol. The smallest absolute Gasteiger partial charge is 0.325 e. The fourth-order valence-electron chi connectivity index (χ4n) is 2.16. The first kappa shape index (κ1) is 17.0. The highest BCUT2D eigenvalue weighted by Crippen LogP contribution is 2.28. The molecule has 0 aliphatic carbocycles. The first-order valence-corrected chi connectivity index (χ1v) is 7.61. The Kier molecular flexibility index (Phi) is 5.05. The van der Waals surface area contributed by atoms with E-state index in [0.717, 1.165) is 0 Å². The highest BCUT2D eigenvalue weighted by molar-refractivity contribution is 9.10. The number of esters is 1. The van der Waals surface area contributed by atoms with E-state index < -0.39 is 28.7 Å². The van der Waals surface area contributed by atoms with Crippen molar-refractivity contribution in [2.45, 2.75) is 6.92 Å². The molecule has 0 radical (unpaired) electrons. The maximum Gasteiger partial charge on any atom is 0.325 e. The van der Waals surface area contributed by atoms with Crippen LogP contribution in [0.5, 0.6) is 5.75 Å². The number of benzene rings is 1. The number of hydrogen-bond donors (Lipinski definition) is 2. The number of nitrogens with one attached hydrogen (secondary N) is 1. The van der Waals surface area contributed by atoms with E-state index in [4.69, 9.17) is 4.74 Å². The van der Waals surface area contributed by atoms with Gasteiger partial charge in [-0.1, -0.05) is 15.9 Å². The minimum absolute atomic E-state index is 0.186. The molecule has 2 N–H and O–H groups in total. The average molecular weight is 383 g/mol. The molecule has 8 heteroatoms. The quantitative estimate of drug-likeness (QED) is 0.776. The predicted octanol–water partition coefficient (Wildman–Crippen LogP) is 1.30. The fourth-order valence-corrected chi connectivity index (χ4v) is 2.52. The van der Waals surface area contributed by atoms with Gasteiger partial charge in [-0.3, -0.25) is 14.4 Å². The lowest BCUT2D eigenvalue weighted by molar-refractivity contribution is -0.141. The lowest BCUT2D eigenvalue weighted by Gasteiger charge is -2.12. The van der Waals surface area contributed by atoms with Crippen LogP contribution in [-0.2, 0) is 16.6 Å². The summed E-state index contributed by atoms with van der Waals surface area (Å²) in [6, 6.07) is 4.98. The van der Waals surface area contributed by atoms with E-state index >= 15 is 0 Å². The number of aromatic hydroxyl groups is 1. The summed E-state index contributed by atoms with van der Waals surface area (Å²) in [7, 11) is 1.50. The molecule has 0 saturated heterocycles. The second-order valence-electron chi connectivity index (χ2n) is 4.74. The zero-order valence-corrected chi connectivity index (χ0v) is 14.1. The topological polar surface area (TPSA) is 97.6 Å². The molecule has 122 valence electrons. The van der Waals surface area contributed by atoms with Crippen LogP contribution in [-0.4, -0.2) is 34.7 Å². The number of pyridine rings is 1. The van der Waals surface area contributed by atoms with E-state index in [0.29, 0.717) is 15.4 Å². The summed E-state index contributed by atoms with van der Waals surface area (Å²) in [6.07, 6.45) is 0. The molecule has 0 spiro atoms. The van der Waals surface area contributed by atoms with E-state index in [1.807, 2.05) is 0 Å². The van der Waals surface area contributed by atoms with Gasteiger partial charge in [-0.05, 0) is 25.1 Å². The Balaban J connectivity index is 2.46. The monoisotopic (exact) mass is 382 g/mol. The van der Waals surface area contributed by atoms with Crippen LogP contribution < -0.4 is 10.9 Å². The lowest BCUT2D eigenvalue weighted by atomic mass is 10.1. The number of amides is 1. The Morgan fingerprint density at radius 1 is 1.39 bits per heavy atom. The summed E-state index contributed by atoms with van der Waals surface area (Å²) in [4.78, 5) is 35.8. The van der Waals surface area contributed by atoms with Crippen molar-refractivity contribution in [2.24, 2.45) is 7.05 Å². The number of nitrogens with zero attached hydrogens (tertiary/aromatic N) is 1. The van der Waals surface area contributed by atoms with Gasteiger partial charge in [0.05, 0.1) is 12.1 Å². The van der Waals surface area contributed by atoms with Gasteiger partial charge in [-0.2, -0.15) is 0 Å². The summed E-state index contributed by atoms with van der Waals surface area (Å²) >= 11 is 3.28. The van der Waals surface area contributed by atoms with Gasteiger partial charge in [0.2, 0.25) is 0 Å². The number of ether oxygens (including phenoxy) is 1. The Bertz CT molecular complexity index is 844. The van der Waals surface area contributed by atoms with Gasteiger partial charge in [0.25, 0.3) is 11.5 Å². The molecule has 7 nitrogen and oxygen atoms in total. The van der Waals surface area contributed by atoms with Crippen LogP contribution in [0.4, 0.5) is 0 Å². The van der Waals surface area contributed by atoms with E-state index in [2.05, 4.69) is 21.2 Å². The summed E-state index contributed by atoms with van der Waals surface area (Å²) in [5.74, 6) is -1.88. The molecule has 1 aromatic carbocycles. The molecule has 1 amide bonds. The number of carbonyl (C=O) groups excluding carboxylic acids is 2. The van der Waals surface area contributed by atoms with Crippen LogP contribution in [0.15, 0.2) is 27.5 Å². The summed E-state index contributed by atoms with van der Waals surface area (Å²) in [5.41, 5.74) is -0.585. The number of fused-ring (bicyclic) bond motifs is 1. The molecule has 0 aliphatic rings. The van der Waals surface area contributed by atoms with Gasteiger partial charge in [0.1, 0.15) is 17.9 Å². The summed E-state index contributed by atoms with van der Waals surface area (Å²) < 4.78 is 6.65. The Morgan fingerprint density at radius 2 is 2.09 bits per heavy atom. The Morgan fingerprint density at radius 3 is 2.74 bits per heavy atom. The summed E-state index contributed by atoms with van der Waals surface area (Å²) in [5, 5.41) is 12.9. The second-order valence-corrected chi connectivity index (χ2v) is 5.65.